The van der Waals surface area contributed by atoms with Crippen LogP contribution in [0.25, 0.3) is 16.6 Å². The molecular weight excluding hydrogens is 406 g/mol. The lowest BCUT2D eigenvalue weighted by molar-refractivity contribution is 0.0952. The number of nitrogens with one attached hydrogen (secondary N) is 1. The van der Waals surface area contributed by atoms with Crippen molar-refractivity contribution in [2.24, 2.45) is 5.10 Å². The molecule has 0 saturated heterocycles. The molecule has 0 radical (unpaired) electrons. The SMILES string of the molecule is CC(=NNC(=O)c1ccc(O)cc1O)c1c(O)n(-c2ccc(C)c(C)c2)c2ccccc12. The minimum atomic E-state index is -0.640. The molecule has 0 saturated carbocycles. The average Bonchev–Trinajstić information content (AvgIpc) is 3.05. The molecule has 3 aromatic carbocycles. The van der Waals surface area contributed by atoms with E-state index in [4.69, 9.17) is 0 Å². The number of hydrazone groups is 1. The first-order valence-corrected chi connectivity index (χ1v) is 10.0. The summed E-state index contributed by atoms with van der Waals surface area (Å²) in [5, 5.41) is 35.4. The maximum Gasteiger partial charge on any atom is 0.275 e. The number of hydrogen-bond donors (Lipinski definition) is 4. The van der Waals surface area contributed by atoms with Gasteiger partial charge in [-0.05, 0) is 62.2 Å². The predicted molar refractivity (Wildman–Crippen MR) is 124 cm³/mol. The van der Waals surface area contributed by atoms with Gasteiger partial charge in [0.15, 0.2) is 0 Å². The van der Waals surface area contributed by atoms with Gasteiger partial charge in [-0.25, -0.2) is 5.43 Å². The molecule has 1 aromatic heterocycles. The zero-order chi connectivity index (χ0) is 23.0. The lowest BCUT2D eigenvalue weighted by Crippen LogP contribution is -2.19. The van der Waals surface area contributed by atoms with Gasteiger partial charge in [-0.1, -0.05) is 24.3 Å². The molecule has 7 nitrogen and oxygen atoms in total. The van der Waals surface area contributed by atoms with Gasteiger partial charge in [0, 0.05) is 17.1 Å². The molecule has 1 amide bonds. The van der Waals surface area contributed by atoms with Crippen LogP contribution in [0.5, 0.6) is 17.4 Å². The Balaban J connectivity index is 1.76. The molecule has 4 N–H and O–H groups in total. The molecule has 0 spiro atoms. The molecule has 0 aliphatic rings. The second-order valence-corrected chi connectivity index (χ2v) is 7.66. The first kappa shape index (κ1) is 21.0. The van der Waals surface area contributed by atoms with E-state index in [2.05, 4.69) is 10.5 Å². The van der Waals surface area contributed by atoms with Crippen molar-refractivity contribution in [3.05, 3.63) is 82.9 Å². The van der Waals surface area contributed by atoms with E-state index in [0.29, 0.717) is 11.3 Å². The number of aryl methyl sites for hydroxylation is 2. The van der Waals surface area contributed by atoms with Gasteiger partial charge in [-0.3, -0.25) is 9.36 Å². The number of benzene rings is 3. The number of fused-ring (bicyclic) bond motifs is 1. The minimum Gasteiger partial charge on any atom is -0.508 e. The van der Waals surface area contributed by atoms with Gasteiger partial charge in [0.1, 0.15) is 11.5 Å². The van der Waals surface area contributed by atoms with Crippen molar-refractivity contribution in [3.8, 4) is 23.1 Å². The van der Waals surface area contributed by atoms with Crippen LogP contribution in [0.4, 0.5) is 0 Å². The van der Waals surface area contributed by atoms with Crippen LogP contribution in [0.2, 0.25) is 0 Å². The first-order chi connectivity index (χ1) is 15.3. The molecule has 0 aliphatic carbocycles. The quantitative estimate of drug-likeness (QED) is 0.283. The van der Waals surface area contributed by atoms with Crippen LogP contribution in [0, 0.1) is 13.8 Å². The highest BCUT2D eigenvalue weighted by Gasteiger charge is 2.20. The van der Waals surface area contributed by atoms with Crippen molar-refractivity contribution in [1.29, 1.82) is 0 Å². The lowest BCUT2D eigenvalue weighted by Gasteiger charge is -2.10. The molecule has 32 heavy (non-hydrogen) atoms. The summed E-state index contributed by atoms with van der Waals surface area (Å²) in [4.78, 5) is 12.4. The molecule has 1 heterocycles. The van der Waals surface area contributed by atoms with E-state index in [-0.39, 0.29) is 22.9 Å². The summed E-state index contributed by atoms with van der Waals surface area (Å²) in [7, 11) is 0. The van der Waals surface area contributed by atoms with Crippen LogP contribution in [-0.4, -0.2) is 31.5 Å². The number of phenolic OH excluding ortho intramolecular Hbond substituents is 2. The highest BCUT2D eigenvalue weighted by atomic mass is 16.3. The van der Waals surface area contributed by atoms with E-state index in [1.165, 1.54) is 12.1 Å². The van der Waals surface area contributed by atoms with Crippen LogP contribution < -0.4 is 5.43 Å². The number of hydrogen-bond acceptors (Lipinski definition) is 5. The number of nitrogens with zero attached hydrogens (tertiary/aromatic N) is 2. The third-order valence-corrected chi connectivity index (χ3v) is 5.51. The van der Waals surface area contributed by atoms with Crippen LogP contribution in [0.3, 0.4) is 0 Å². The van der Waals surface area contributed by atoms with Crippen molar-refractivity contribution in [1.82, 2.24) is 9.99 Å². The van der Waals surface area contributed by atoms with Crippen molar-refractivity contribution in [2.75, 3.05) is 0 Å². The molecule has 0 bridgehead atoms. The van der Waals surface area contributed by atoms with Crippen LogP contribution in [0.15, 0.2) is 65.8 Å². The number of amides is 1. The topological polar surface area (TPSA) is 107 Å². The molecule has 162 valence electrons. The first-order valence-electron chi connectivity index (χ1n) is 10.0. The van der Waals surface area contributed by atoms with E-state index < -0.39 is 5.91 Å². The number of rotatable bonds is 4. The fourth-order valence-electron chi connectivity index (χ4n) is 3.67. The Kier molecular flexibility index (Phi) is 5.32. The molecule has 4 rings (SSSR count). The Morgan fingerprint density at radius 2 is 1.69 bits per heavy atom. The monoisotopic (exact) mass is 429 g/mol. The van der Waals surface area contributed by atoms with Gasteiger partial charge >= 0.3 is 0 Å². The van der Waals surface area contributed by atoms with Gasteiger partial charge in [-0.2, -0.15) is 5.10 Å². The van der Waals surface area contributed by atoms with Crippen molar-refractivity contribution < 1.29 is 20.1 Å². The Morgan fingerprint density at radius 1 is 0.938 bits per heavy atom. The Bertz CT molecular complexity index is 1390. The van der Waals surface area contributed by atoms with Crippen molar-refractivity contribution in [2.45, 2.75) is 20.8 Å². The summed E-state index contributed by atoms with van der Waals surface area (Å²) in [5.41, 5.74) is 7.15. The Morgan fingerprint density at radius 3 is 2.41 bits per heavy atom. The van der Waals surface area contributed by atoms with Crippen molar-refractivity contribution >= 4 is 22.5 Å². The maximum absolute atomic E-state index is 12.4. The third kappa shape index (κ3) is 3.65. The van der Waals surface area contributed by atoms with Crippen LogP contribution in [0.1, 0.15) is 34.0 Å². The molecule has 7 heteroatoms. The van der Waals surface area contributed by atoms with Gasteiger partial charge in [0.2, 0.25) is 5.88 Å². The lowest BCUT2D eigenvalue weighted by atomic mass is 10.1. The average molecular weight is 429 g/mol. The number of para-hydroxylation sites is 1. The zero-order valence-corrected chi connectivity index (χ0v) is 17.9. The molecule has 0 unspecified atom stereocenters. The highest BCUT2D eigenvalue weighted by molar-refractivity contribution is 6.13. The number of carbonyl (C=O) groups is 1. The molecule has 0 fully saturated rings. The van der Waals surface area contributed by atoms with Crippen LogP contribution >= 0.6 is 0 Å². The van der Waals surface area contributed by atoms with Crippen molar-refractivity contribution in [3.63, 3.8) is 0 Å². The standard InChI is InChI=1S/C25H23N3O4/c1-14-8-9-17(12-15(14)2)28-21-7-5-4-6-19(21)23(25(28)32)16(3)26-27-24(31)20-11-10-18(29)13-22(20)30/h4-13,29-30,32H,1-3H3,(H,27,31). The van der Waals surface area contributed by atoms with Crippen LogP contribution in [-0.2, 0) is 0 Å². The summed E-state index contributed by atoms with van der Waals surface area (Å²) in [5.74, 6) is -1.14. The maximum atomic E-state index is 12.4. The Labute approximate surface area is 184 Å². The van der Waals surface area contributed by atoms with E-state index in [1.807, 2.05) is 56.3 Å². The molecule has 0 atom stereocenters. The summed E-state index contributed by atoms with van der Waals surface area (Å²) >= 11 is 0. The minimum absolute atomic E-state index is 0.0115. The second-order valence-electron chi connectivity index (χ2n) is 7.66. The van der Waals surface area contributed by atoms with E-state index in [1.54, 1.807) is 11.5 Å². The fourth-order valence-corrected chi connectivity index (χ4v) is 3.67. The normalized spacial score (nSPS) is 11.7. The number of phenols is 2. The van der Waals surface area contributed by atoms with E-state index in [9.17, 15) is 20.1 Å². The fraction of sp³-hybridized carbons (Fsp3) is 0.120. The van der Waals surface area contributed by atoms with Gasteiger partial charge < -0.3 is 15.3 Å². The summed E-state index contributed by atoms with van der Waals surface area (Å²) in [6.07, 6.45) is 0. The summed E-state index contributed by atoms with van der Waals surface area (Å²) < 4.78 is 1.75. The predicted octanol–water partition coefficient (Wildman–Crippen LogP) is 4.52. The second kappa shape index (κ2) is 8.11. The summed E-state index contributed by atoms with van der Waals surface area (Å²) in [6.45, 7) is 5.73. The number of aromatic hydroxyl groups is 3. The molecular formula is C25H23N3O4. The number of aromatic nitrogens is 1. The molecule has 0 aliphatic heterocycles. The van der Waals surface area contributed by atoms with Gasteiger partial charge in [0.05, 0.1) is 22.4 Å². The highest BCUT2D eigenvalue weighted by Crippen LogP contribution is 2.35. The Hall–Kier alpha value is -4.26. The van der Waals surface area contributed by atoms with E-state index >= 15 is 0 Å². The zero-order valence-electron chi connectivity index (χ0n) is 17.9. The third-order valence-electron chi connectivity index (χ3n) is 5.51. The van der Waals surface area contributed by atoms with Gasteiger partial charge in [0.25, 0.3) is 5.91 Å². The molecule has 4 aromatic rings. The number of carbonyl (C=O) groups excluding carboxylic acids is 1. The smallest absolute Gasteiger partial charge is 0.275 e. The van der Waals surface area contributed by atoms with Gasteiger partial charge in [-0.15, -0.1) is 0 Å². The van der Waals surface area contributed by atoms with E-state index in [0.717, 1.165) is 33.8 Å². The largest absolute Gasteiger partial charge is 0.508 e. The summed E-state index contributed by atoms with van der Waals surface area (Å²) in [6, 6.07) is 17.2.